The summed E-state index contributed by atoms with van der Waals surface area (Å²) >= 11 is 0. The van der Waals surface area contributed by atoms with Crippen LogP contribution in [0.3, 0.4) is 0 Å². The minimum Gasteiger partial charge on any atom is -0.333 e. The molecule has 1 aromatic heterocycles. The topological polar surface area (TPSA) is 8.17 Å². The fraction of sp³-hybridized carbons (Fsp3) is 0.0811. The van der Waals surface area contributed by atoms with Gasteiger partial charge in [0.2, 0.25) is 0 Å². The van der Waals surface area contributed by atoms with Gasteiger partial charge in [-0.2, -0.15) is 0 Å². The first-order valence-corrected chi connectivity index (χ1v) is 13.8. The Morgan fingerprint density at radius 2 is 1.36 bits per heavy atom. The second-order valence-electron chi connectivity index (χ2n) is 10.5. The lowest BCUT2D eigenvalue weighted by Gasteiger charge is -2.28. The molecular weight excluding hydrogens is 472 g/mol. The van der Waals surface area contributed by atoms with Crippen LogP contribution >= 0.6 is 0 Å². The zero-order valence-electron chi connectivity index (χ0n) is 21.7. The van der Waals surface area contributed by atoms with Crippen LogP contribution in [-0.2, 0) is 0 Å². The molecule has 3 aliphatic rings. The molecule has 5 aromatic rings. The molecule has 4 aromatic carbocycles. The van der Waals surface area contributed by atoms with Crippen LogP contribution in [0.2, 0.25) is 0 Å². The SMILES string of the molecule is C1=CCC2C(=C1)c1ccccc1N2c1ccc(C2=CC=C(n3c4ccccc4c4ccccc43)C=CC2)cc1. The average molecular weight is 501 g/mol. The van der Waals surface area contributed by atoms with Crippen molar-refractivity contribution in [2.24, 2.45) is 0 Å². The van der Waals surface area contributed by atoms with E-state index in [2.05, 4.69) is 149 Å². The highest BCUT2D eigenvalue weighted by Crippen LogP contribution is 2.47. The number of rotatable bonds is 3. The molecular formula is C37H28N2. The van der Waals surface area contributed by atoms with Gasteiger partial charge in [-0.1, -0.05) is 97.1 Å². The van der Waals surface area contributed by atoms with Gasteiger partial charge in [0, 0.05) is 33.4 Å². The van der Waals surface area contributed by atoms with E-state index in [1.807, 2.05) is 0 Å². The van der Waals surface area contributed by atoms with Crippen molar-refractivity contribution in [3.8, 4) is 0 Å². The summed E-state index contributed by atoms with van der Waals surface area (Å²) in [6, 6.07) is 35.7. The van der Waals surface area contributed by atoms with Crippen LogP contribution in [0, 0.1) is 0 Å². The zero-order valence-corrected chi connectivity index (χ0v) is 21.7. The van der Waals surface area contributed by atoms with E-state index in [0.717, 1.165) is 12.8 Å². The third-order valence-electron chi connectivity index (χ3n) is 8.35. The molecule has 1 unspecified atom stereocenters. The van der Waals surface area contributed by atoms with Gasteiger partial charge in [-0.15, -0.1) is 0 Å². The maximum atomic E-state index is 2.51. The first-order chi connectivity index (χ1) is 19.4. The van der Waals surface area contributed by atoms with Gasteiger partial charge in [0.1, 0.15) is 0 Å². The molecule has 8 rings (SSSR count). The van der Waals surface area contributed by atoms with E-state index < -0.39 is 0 Å². The Kier molecular flexibility index (Phi) is 5.06. The zero-order chi connectivity index (χ0) is 25.8. The van der Waals surface area contributed by atoms with Crippen molar-refractivity contribution in [3.63, 3.8) is 0 Å². The molecule has 186 valence electrons. The second kappa shape index (κ2) is 8.89. The van der Waals surface area contributed by atoms with Crippen molar-refractivity contribution in [1.29, 1.82) is 0 Å². The normalized spacial score (nSPS) is 18.0. The Balaban J connectivity index is 1.15. The maximum absolute atomic E-state index is 2.51. The number of benzene rings is 4. The third-order valence-corrected chi connectivity index (χ3v) is 8.35. The molecule has 0 fully saturated rings. The number of anilines is 2. The fourth-order valence-electron chi connectivity index (χ4n) is 6.56. The number of hydrogen-bond donors (Lipinski definition) is 0. The molecule has 2 heteroatoms. The van der Waals surface area contributed by atoms with Gasteiger partial charge in [-0.3, -0.25) is 0 Å². The molecule has 2 heterocycles. The van der Waals surface area contributed by atoms with E-state index in [4.69, 9.17) is 0 Å². The summed E-state index contributed by atoms with van der Waals surface area (Å²) in [6.07, 6.45) is 17.8. The van der Waals surface area contributed by atoms with Crippen molar-refractivity contribution >= 4 is 50.0 Å². The third kappa shape index (κ3) is 3.49. The van der Waals surface area contributed by atoms with Crippen LogP contribution in [0.5, 0.6) is 0 Å². The van der Waals surface area contributed by atoms with E-state index in [-0.39, 0.29) is 0 Å². The van der Waals surface area contributed by atoms with Crippen molar-refractivity contribution in [2.45, 2.75) is 18.9 Å². The number of aromatic nitrogens is 1. The Labute approximate surface area is 228 Å². The predicted octanol–water partition coefficient (Wildman–Crippen LogP) is 9.54. The van der Waals surface area contributed by atoms with Gasteiger partial charge in [0.25, 0.3) is 0 Å². The Bertz CT molecular complexity index is 1850. The molecule has 39 heavy (non-hydrogen) atoms. The average Bonchev–Trinajstić information content (AvgIpc) is 3.39. The van der Waals surface area contributed by atoms with E-state index in [9.17, 15) is 0 Å². The van der Waals surface area contributed by atoms with Crippen LogP contribution in [0.1, 0.15) is 24.0 Å². The highest BCUT2D eigenvalue weighted by molar-refractivity contribution is 6.10. The number of para-hydroxylation sites is 3. The second-order valence-corrected chi connectivity index (χ2v) is 10.5. The largest absolute Gasteiger partial charge is 0.333 e. The van der Waals surface area contributed by atoms with E-state index in [1.54, 1.807) is 0 Å². The highest BCUT2D eigenvalue weighted by atomic mass is 15.2. The monoisotopic (exact) mass is 500 g/mol. The first-order valence-electron chi connectivity index (χ1n) is 13.8. The Morgan fingerprint density at radius 1 is 0.641 bits per heavy atom. The van der Waals surface area contributed by atoms with Crippen molar-refractivity contribution < 1.29 is 0 Å². The molecule has 2 nitrogen and oxygen atoms in total. The quantitative estimate of drug-likeness (QED) is 0.239. The van der Waals surface area contributed by atoms with Crippen molar-refractivity contribution in [2.75, 3.05) is 4.90 Å². The molecule has 1 aliphatic heterocycles. The van der Waals surface area contributed by atoms with Gasteiger partial charge < -0.3 is 9.47 Å². The summed E-state index contributed by atoms with van der Waals surface area (Å²) in [5, 5.41) is 2.59. The molecule has 0 amide bonds. The summed E-state index contributed by atoms with van der Waals surface area (Å²) in [6.45, 7) is 0. The Hall–Kier alpha value is -4.82. The molecule has 0 saturated heterocycles. The maximum Gasteiger partial charge on any atom is 0.0632 e. The summed E-state index contributed by atoms with van der Waals surface area (Å²) in [4.78, 5) is 2.51. The summed E-state index contributed by atoms with van der Waals surface area (Å²) in [7, 11) is 0. The van der Waals surface area contributed by atoms with E-state index in [0.29, 0.717) is 6.04 Å². The standard InChI is InChI=1S/C37H28N2/c1-5-16-34-30(12-1)31-13-2-6-17-35(31)38(34)28-11-9-10-26(20-23-28)27-21-24-29(25-22-27)39-36-18-7-3-14-32(36)33-15-4-8-19-37(33)39/h1-9,11-18,20-25,37H,10,19H2. The van der Waals surface area contributed by atoms with E-state index >= 15 is 0 Å². The van der Waals surface area contributed by atoms with Crippen molar-refractivity contribution in [1.82, 2.24) is 4.57 Å². The molecule has 2 aliphatic carbocycles. The molecule has 0 N–H and O–H groups in total. The van der Waals surface area contributed by atoms with Crippen molar-refractivity contribution in [3.05, 3.63) is 151 Å². The smallest absolute Gasteiger partial charge is 0.0632 e. The summed E-state index contributed by atoms with van der Waals surface area (Å²) in [5.74, 6) is 0. The molecule has 0 saturated carbocycles. The predicted molar refractivity (Wildman–Crippen MR) is 166 cm³/mol. The fourth-order valence-corrected chi connectivity index (χ4v) is 6.56. The van der Waals surface area contributed by atoms with Gasteiger partial charge in [-0.05, 0) is 72.0 Å². The minimum atomic E-state index is 0.370. The number of nitrogens with zero attached hydrogens (tertiary/aromatic N) is 2. The summed E-state index contributed by atoms with van der Waals surface area (Å²) < 4.78 is 2.39. The van der Waals surface area contributed by atoms with Gasteiger partial charge in [0.05, 0.1) is 17.1 Å². The lowest BCUT2D eigenvalue weighted by atomic mass is 9.96. The van der Waals surface area contributed by atoms with Gasteiger partial charge in [-0.25, -0.2) is 0 Å². The minimum absolute atomic E-state index is 0.370. The number of allylic oxidation sites excluding steroid dienone is 8. The van der Waals surface area contributed by atoms with Gasteiger partial charge >= 0.3 is 0 Å². The van der Waals surface area contributed by atoms with Crippen LogP contribution < -0.4 is 4.90 Å². The number of fused-ring (bicyclic) bond motifs is 6. The number of hydrogen-bond acceptors (Lipinski definition) is 1. The molecule has 0 radical (unpaired) electrons. The summed E-state index contributed by atoms with van der Waals surface area (Å²) in [5.41, 5.74) is 11.6. The highest BCUT2D eigenvalue weighted by Gasteiger charge is 2.34. The van der Waals surface area contributed by atoms with Gasteiger partial charge in [0.15, 0.2) is 0 Å². The Morgan fingerprint density at radius 3 is 2.15 bits per heavy atom. The lowest BCUT2D eigenvalue weighted by molar-refractivity contribution is 0.829. The first kappa shape index (κ1) is 22.2. The molecule has 0 spiro atoms. The molecule has 1 atom stereocenters. The van der Waals surface area contributed by atoms with Crippen LogP contribution in [-0.4, -0.2) is 10.6 Å². The lowest BCUT2D eigenvalue weighted by Crippen LogP contribution is -2.27. The van der Waals surface area contributed by atoms with Crippen LogP contribution in [0.15, 0.2) is 140 Å². The van der Waals surface area contributed by atoms with Crippen LogP contribution in [0.4, 0.5) is 11.4 Å². The molecule has 0 bridgehead atoms. The van der Waals surface area contributed by atoms with Crippen LogP contribution in [0.25, 0.3) is 38.6 Å². The van der Waals surface area contributed by atoms with E-state index in [1.165, 1.54) is 61.2 Å².